The molecule has 6 nitrogen and oxygen atoms in total. The van der Waals surface area contributed by atoms with Crippen molar-refractivity contribution < 1.29 is 13.2 Å². The first-order chi connectivity index (χ1) is 12.6. The van der Waals surface area contributed by atoms with Crippen LogP contribution in [0.15, 0.2) is 77.8 Å². The van der Waals surface area contributed by atoms with Crippen molar-refractivity contribution in [2.24, 2.45) is 0 Å². The highest BCUT2D eigenvalue weighted by molar-refractivity contribution is 7.92. The standard InChI is InChI=1S/C19H19N3O3S/c1-2-25-17-9-11-18(12-10-17)26(23,24)22-16-8-13-19(20-14-16)21-15-6-4-3-5-7-15/h3-14,22H,2H2,1H3,(H,20,21). The number of ether oxygens (including phenoxy) is 1. The Kier molecular flexibility index (Phi) is 5.38. The summed E-state index contributed by atoms with van der Waals surface area (Å²) in [5.41, 5.74) is 1.29. The number of para-hydroxylation sites is 1. The quantitative estimate of drug-likeness (QED) is 0.657. The second-order valence-electron chi connectivity index (χ2n) is 5.43. The van der Waals surface area contributed by atoms with Gasteiger partial charge in [-0.05, 0) is 55.5 Å². The predicted octanol–water partition coefficient (Wildman–Crippen LogP) is 4.02. The van der Waals surface area contributed by atoms with Crippen molar-refractivity contribution in [3.8, 4) is 5.75 Å². The monoisotopic (exact) mass is 369 g/mol. The number of benzene rings is 2. The van der Waals surface area contributed by atoms with Gasteiger partial charge >= 0.3 is 0 Å². The van der Waals surface area contributed by atoms with Crippen molar-refractivity contribution in [3.63, 3.8) is 0 Å². The van der Waals surface area contributed by atoms with Gasteiger partial charge in [0.15, 0.2) is 0 Å². The van der Waals surface area contributed by atoms with E-state index in [0.29, 0.717) is 23.9 Å². The summed E-state index contributed by atoms with van der Waals surface area (Å²) in [6, 6.07) is 19.2. The van der Waals surface area contributed by atoms with Crippen LogP contribution in [0.3, 0.4) is 0 Å². The Morgan fingerprint density at radius 3 is 2.27 bits per heavy atom. The molecule has 2 aromatic carbocycles. The summed E-state index contributed by atoms with van der Waals surface area (Å²) < 4.78 is 32.7. The smallest absolute Gasteiger partial charge is 0.261 e. The fourth-order valence-electron chi connectivity index (χ4n) is 2.29. The lowest BCUT2D eigenvalue weighted by Gasteiger charge is -2.10. The van der Waals surface area contributed by atoms with Gasteiger partial charge in [0.25, 0.3) is 10.0 Å². The Bertz CT molecular complexity index is 942. The van der Waals surface area contributed by atoms with E-state index in [1.54, 1.807) is 24.3 Å². The normalized spacial score (nSPS) is 11.0. The van der Waals surface area contributed by atoms with Gasteiger partial charge < -0.3 is 10.1 Å². The lowest BCUT2D eigenvalue weighted by molar-refractivity contribution is 0.340. The van der Waals surface area contributed by atoms with Crippen molar-refractivity contribution in [2.45, 2.75) is 11.8 Å². The Hall–Kier alpha value is -3.06. The van der Waals surface area contributed by atoms with Gasteiger partial charge in [-0.25, -0.2) is 13.4 Å². The highest BCUT2D eigenvalue weighted by Crippen LogP contribution is 2.20. The number of hydrogen-bond donors (Lipinski definition) is 2. The topological polar surface area (TPSA) is 80.3 Å². The van der Waals surface area contributed by atoms with Crippen molar-refractivity contribution in [1.82, 2.24) is 4.98 Å². The Morgan fingerprint density at radius 2 is 1.65 bits per heavy atom. The fraction of sp³-hybridized carbons (Fsp3) is 0.105. The highest BCUT2D eigenvalue weighted by Gasteiger charge is 2.14. The molecule has 0 amide bonds. The average molecular weight is 369 g/mol. The Balaban J connectivity index is 1.69. The van der Waals surface area contributed by atoms with Crippen LogP contribution in [0.5, 0.6) is 5.75 Å². The first kappa shape index (κ1) is 17.8. The molecular weight excluding hydrogens is 350 g/mol. The van der Waals surface area contributed by atoms with E-state index < -0.39 is 10.0 Å². The predicted molar refractivity (Wildman–Crippen MR) is 102 cm³/mol. The SMILES string of the molecule is CCOc1ccc(S(=O)(=O)Nc2ccc(Nc3ccccc3)nc2)cc1. The van der Waals surface area contributed by atoms with Crippen molar-refractivity contribution >= 4 is 27.2 Å². The van der Waals surface area contributed by atoms with E-state index in [0.717, 1.165) is 5.69 Å². The van der Waals surface area contributed by atoms with E-state index in [1.165, 1.54) is 18.3 Å². The summed E-state index contributed by atoms with van der Waals surface area (Å²) in [7, 11) is -3.68. The van der Waals surface area contributed by atoms with Crippen molar-refractivity contribution in [2.75, 3.05) is 16.6 Å². The van der Waals surface area contributed by atoms with E-state index in [9.17, 15) is 8.42 Å². The molecule has 0 aliphatic rings. The number of anilines is 3. The number of aromatic nitrogens is 1. The van der Waals surface area contributed by atoms with Gasteiger partial charge in [0.05, 0.1) is 23.4 Å². The summed E-state index contributed by atoms with van der Waals surface area (Å²) in [5, 5.41) is 3.14. The van der Waals surface area contributed by atoms with E-state index >= 15 is 0 Å². The molecule has 1 heterocycles. The molecule has 0 radical (unpaired) electrons. The zero-order valence-corrected chi connectivity index (χ0v) is 15.0. The van der Waals surface area contributed by atoms with Crippen LogP contribution in [-0.2, 0) is 10.0 Å². The molecule has 3 aromatic rings. The van der Waals surface area contributed by atoms with Gasteiger partial charge in [0.2, 0.25) is 0 Å². The highest BCUT2D eigenvalue weighted by atomic mass is 32.2. The van der Waals surface area contributed by atoms with Gasteiger partial charge in [0, 0.05) is 5.69 Å². The van der Waals surface area contributed by atoms with Crippen LogP contribution in [0.4, 0.5) is 17.2 Å². The molecule has 0 atom stereocenters. The molecule has 134 valence electrons. The lowest BCUT2D eigenvalue weighted by Crippen LogP contribution is -2.13. The number of nitrogens with one attached hydrogen (secondary N) is 2. The minimum Gasteiger partial charge on any atom is -0.494 e. The second kappa shape index (κ2) is 7.88. The summed E-state index contributed by atoms with van der Waals surface area (Å²) in [5.74, 6) is 1.25. The second-order valence-corrected chi connectivity index (χ2v) is 7.12. The van der Waals surface area contributed by atoms with E-state index in [1.807, 2.05) is 37.3 Å². The van der Waals surface area contributed by atoms with Crippen LogP contribution in [0, 0.1) is 0 Å². The minimum absolute atomic E-state index is 0.160. The van der Waals surface area contributed by atoms with E-state index in [4.69, 9.17) is 4.74 Å². The molecule has 0 saturated heterocycles. The van der Waals surface area contributed by atoms with Gasteiger partial charge in [-0.2, -0.15) is 0 Å². The zero-order chi connectivity index (χ0) is 18.4. The first-order valence-corrected chi connectivity index (χ1v) is 9.59. The Morgan fingerprint density at radius 1 is 0.923 bits per heavy atom. The maximum Gasteiger partial charge on any atom is 0.261 e. The summed E-state index contributed by atoms with van der Waals surface area (Å²) in [6.07, 6.45) is 1.47. The zero-order valence-electron chi connectivity index (χ0n) is 14.2. The molecule has 0 fully saturated rings. The van der Waals surface area contributed by atoms with Crippen LogP contribution in [0.25, 0.3) is 0 Å². The molecule has 0 bridgehead atoms. The van der Waals surface area contributed by atoms with Crippen LogP contribution in [-0.4, -0.2) is 20.0 Å². The van der Waals surface area contributed by atoms with Crippen molar-refractivity contribution in [1.29, 1.82) is 0 Å². The number of rotatable bonds is 7. The van der Waals surface area contributed by atoms with Gasteiger partial charge in [-0.3, -0.25) is 4.72 Å². The molecule has 0 saturated carbocycles. The third-order valence-corrected chi connectivity index (χ3v) is 4.90. The van der Waals surface area contributed by atoms with Gasteiger partial charge in [-0.15, -0.1) is 0 Å². The number of pyridine rings is 1. The van der Waals surface area contributed by atoms with Crippen LogP contribution < -0.4 is 14.8 Å². The third kappa shape index (κ3) is 4.52. The van der Waals surface area contributed by atoms with Gasteiger partial charge in [0.1, 0.15) is 11.6 Å². The van der Waals surface area contributed by atoms with Gasteiger partial charge in [-0.1, -0.05) is 18.2 Å². The molecular formula is C19H19N3O3S. The number of hydrogen-bond acceptors (Lipinski definition) is 5. The van der Waals surface area contributed by atoms with Crippen LogP contribution in [0.2, 0.25) is 0 Å². The largest absolute Gasteiger partial charge is 0.494 e. The van der Waals surface area contributed by atoms with Crippen molar-refractivity contribution in [3.05, 3.63) is 72.9 Å². The molecule has 0 spiro atoms. The molecule has 0 aliphatic carbocycles. The summed E-state index contributed by atoms with van der Waals surface area (Å²) in [4.78, 5) is 4.39. The molecule has 2 N–H and O–H groups in total. The van der Waals surface area contributed by atoms with E-state index in [-0.39, 0.29) is 4.90 Å². The maximum absolute atomic E-state index is 12.5. The summed E-state index contributed by atoms with van der Waals surface area (Å²) in [6.45, 7) is 2.40. The lowest BCUT2D eigenvalue weighted by atomic mass is 10.3. The fourth-order valence-corrected chi connectivity index (χ4v) is 3.34. The summed E-state index contributed by atoms with van der Waals surface area (Å²) >= 11 is 0. The maximum atomic E-state index is 12.5. The molecule has 1 aromatic heterocycles. The minimum atomic E-state index is -3.68. The first-order valence-electron chi connectivity index (χ1n) is 8.10. The molecule has 3 rings (SSSR count). The molecule has 26 heavy (non-hydrogen) atoms. The van der Waals surface area contributed by atoms with Crippen LogP contribution in [0.1, 0.15) is 6.92 Å². The molecule has 7 heteroatoms. The number of nitrogens with zero attached hydrogens (tertiary/aromatic N) is 1. The average Bonchev–Trinajstić information content (AvgIpc) is 2.65. The Labute approximate surface area is 152 Å². The number of sulfonamides is 1. The van der Waals surface area contributed by atoms with E-state index in [2.05, 4.69) is 15.0 Å². The molecule has 0 unspecified atom stereocenters. The van der Waals surface area contributed by atoms with Crippen LogP contribution >= 0.6 is 0 Å². The molecule has 0 aliphatic heterocycles. The third-order valence-electron chi connectivity index (χ3n) is 3.51.